The Morgan fingerprint density at radius 1 is 0.717 bits per heavy atom. The average Bonchev–Trinajstić information content (AvgIpc) is 3.55. The van der Waals surface area contributed by atoms with Gasteiger partial charge in [-0.2, -0.15) is 10.5 Å². The van der Waals surface area contributed by atoms with Crippen LogP contribution in [0.1, 0.15) is 36.8 Å². The van der Waals surface area contributed by atoms with Gasteiger partial charge in [0.15, 0.2) is 0 Å². The van der Waals surface area contributed by atoms with E-state index in [0.717, 1.165) is 64.0 Å². The Bertz CT molecular complexity index is 1870. The molecule has 2 aromatic heterocycles. The number of rotatable bonds is 6. The van der Waals surface area contributed by atoms with Crippen LogP contribution < -0.4 is 9.47 Å². The van der Waals surface area contributed by atoms with Gasteiger partial charge in [-0.15, -0.1) is 12.6 Å². The lowest BCUT2D eigenvalue weighted by atomic mass is 10.0. The third-order valence-electron chi connectivity index (χ3n) is 8.03. The molecule has 9 heteroatoms. The highest BCUT2D eigenvalue weighted by Crippen LogP contribution is 2.35. The molecular formula is C37H34N4O4S. The predicted molar refractivity (Wildman–Crippen MR) is 179 cm³/mol. The van der Waals surface area contributed by atoms with Crippen LogP contribution >= 0.6 is 12.6 Å². The summed E-state index contributed by atoms with van der Waals surface area (Å²) in [5, 5.41) is 20.6. The number of H-pyrrole nitrogens is 1. The number of thiol groups is 1. The first kappa shape index (κ1) is 31.2. The van der Waals surface area contributed by atoms with E-state index in [0.29, 0.717) is 49.1 Å². The summed E-state index contributed by atoms with van der Waals surface area (Å²) in [4.78, 5) is 8.94. The second-order valence-corrected chi connectivity index (χ2v) is 11.7. The minimum atomic E-state index is 0.0586. The standard InChI is InChI=1S/C31H28N4O4.C6H6S/c32-18-22-15-20(1-3-29(22)38-24-6-11-36-12-7-24)26-5-10-34-31-27(26)17-28(35-31)21-2-4-30(23(16-21)19-33)39-25-8-13-37-14-9-25;7-6-4-2-1-3-5-6/h1-5,10,15-17,24-25H,6-9,11-14H2,(H,34,35);1-5,7H. The van der Waals surface area contributed by atoms with E-state index in [1.807, 2.05) is 78.9 Å². The van der Waals surface area contributed by atoms with E-state index in [-0.39, 0.29) is 12.2 Å². The zero-order chi connectivity index (χ0) is 31.7. The lowest BCUT2D eigenvalue weighted by Gasteiger charge is -2.24. The third-order valence-corrected chi connectivity index (χ3v) is 8.33. The number of nitriles is 2. The molecule has 0 saturated carbocycles. The summed E-state index contributed by atoms with van der Waals surface area (Å²) in [6.07, 6.45) is 5.15. The summed E-state index contributed by atoms with van der Waals surface area (Å²) >= 11 is 4.08. The van der Waals surface area contributed by atoms with E-state index < -0.39 is 0 Å². The topological polar surface area (TPSA) is 113 Å². The van der Waals surface area contributed by atoms with Crippen molar-refractivity contribution >= 4 is 23.7 Å². The SMILES string of the molecule is N#Cc1cc(-c2cc3c(-c4ccc(OC5CCOCC5)c(C#N)c4)ccnc3[nH]2)ccc1OC1CCOCC1.Sc1ccccc1. The summed E-state index contributed by atoms with van der Waals surface area (Å²) in [6.45, 7) is 2.71. The molecule has 0 unspecified atom stereocenters. The van der Waals surface area contributed by atoms with E-state index in [1.54, 1.807) is 6.20 Å². The minimum Gasteiger partial charge on any atom is -0.489 e. The number of nitrogens with zero attached hydrogens (tertiary/aromatic N) is 3. The molecule has 3 aromatic carbocycles. The van der Waals surface area contributed by atoms with Crippen LogP contribution in [0.2, 0.25) is 0 Å². The van der Waals surface area contributed by atoms with Crippen molar-refractivity contribution in [3.63, 3.8) is 0 Å². The number of hydrogen-bond acceptors (Lipinski definition) is 8. The highest BCUT2D eigenvalue weighted by atomic mass is 32.1. The van der Waals surface area contributed by atoms with E-state index >= 15 is 0 Å². The molecule has 0 aliphatic carbocycles. The van der Waals surface area contributed by atoms with Crippen LogP contribution in [0, 0.1) is 22.7 Å². The number of pyridine rings is 1. The smallest absolute Gasteiger partial charge is 0.138 e. The maximum atomic E-state index is 9.84. The van der Waals surface area contributed by atoms with Gasteiger partial charge in [0.1, 0.15) is 41.5 Å². The number of nitrogens with one attached hydrogen (secondary N) is 1. The number of ether oxygens (including phenoxy) is 4. The highest BCUT2D eigenvalue weighted by Gasteiger charge is 2.20. The summed E-state index contributed by atoms with van der Waals surface area (Å²) in [5.41, 5.74) is 5.29. The van der Waals surface area contributed by atoms with Crippen molar-refractivity contribution < 1.29 is 18.9 Å². The average molecular weight is 631 g/mol. The Morgan fingerprint density at radius 2 is 1.28 bits per heavy atom. The number of aromatic amines is 1. The summed E-state index contributed by atoms with van der Waals surface area (Å²) < 4.78 is 23.1. The van der Waals surface area contributed by atoms with Gasteiger partial charge in [0.2, 0.25) is 0 Å². The fourth-order valence-corrected chi connectivity index (χ4v) is 5.76. The van der Waals surface area contributed by atoms with Crippen LogP contribution in [-0.2, 0) is 9.47 Å². The zero-order valence-electron chi connectivity index (χ0n) is 25.3. The molecule has 2 aliphatic heterocycles. The second kappa shape index (κ2) is 15.0. The van der Waals surface area contributed by atoms with E-state index in [2.05, 4.69) is 34.7 Å². The molecule has 232 valence electrons. The molecule has 0 bridgehead atoms. The third kappa shape index (κ3) is 7.52. The van der Waals surface area contributed by atoms with Gasteiger partial charge in [-0.05, 0) is 71.3 Å². The van der Waals surface area contributed by atoms with Gasteiger partial charge in [0.05, 0.1) is 37.6 Å². The first-order chi connectivity index (χ1) is 22.6. The van der Waals surface area contributed by atoms with Crippen LogP contribution in [0.15, 0.2) is 90.0 Å². The molecule has 46 heavy (non-hydrogen) atoms. The lowest BCUT2D eigenvalue weighted by molar-refractivity contribution is 0.0252. The molecule has 2 aliphatic rings. The van der Waals surface area contributed by atoms with Crippen molar-refractivity contribution in [2.75, 3.05) is 26.4 Å². The van der Waals surface area contributed by atoms with Gasteiger partial charge in [-0.3, -0.25) is 0 Å². The molecule has 0 atom stereocenters. The molecule has 0 amide bonds. The molecule has 5 aromatic rings. The van der Waals surface area contributed by atoms with E-state index in [4.69, 9.17) is 18.9 Å². The Labute approximate surface area is 273 Å². The van der Waals surface area contributed by atoms with E-state index in [9.17, 15) is 10.5 Å². The van der Waals surface area contributed by atoms with Crippen LogP contribution in [-0.4, -0.2) is 48.6 Å². The summed E-state index contributed by atoms with van der Waals surface area (Å²) in [7, 11) is 0. The van der Waals surface area contributed by atoms with Gasteiger partial charge in [-0.1, -0.05) is 24.3 Å². The van der Waals surface area contributed by atoms with Crippen LogP contribution in [0.3, 0.4) is 0 Å². The van der Waals surface area contributed by atoms with Gasteiger partial charge in [0, 0.05) is 47.9 Å². The zero-order valence-corrected chi connectivity index (χ0v) is 26.2. The highest BCUT2D eigenvalue weighted by molar-refractivity contribution is 7.80. The van der Waals surface area contributed by atoms with Crippen molar-refractivity contribution in [2.45, 2.75) is 42.8 Å². The number of hydrogen-bond donors (Lipinski definition) is 2. The van der Waals surface area contributed by atoms with Crippen LogP contribution in [0.4, 0.5) is 0 Å². The molecule has 4 heterocycles. The lowest BCUT2D eigenvalue weighted by Crippen LogP contribution is -2.26. The molecule has 1 N–H and O–H groups in total. The minimum absolute atomic E-state index is 0.0586. The Kier molecular flexibility index (Phi) is 10.2. The second-order valence-electron chi connectivity index (χ2n) is 11.1. The monoisotopic (exact) mass is 630 g/mol. The molecule has 0 spiro atoms. The Hall–Kier alpha value is -4.80. The molecule has 8 nitrogen and oxygen atoms in total. The van der Waals surface area contributed by atoms with Crippen LogP contribution in [0.5, 0.6) is 11.5 Å². The number of aromatic nitrogens is 2. The fourth-order valence-electron chi connectivity index (χ4n) is 5.58. The first-order valence-corrected chi connectivity index (χ1v) is 15.9. The number of fused-ring (bicyclic) bond motifs is 1. The predicted octanol–water partition coefficient (Wildman–Crippen LogP) is 7.73. The molecule has 2 fully saturated rings. The van der Waals surface area contributed by atoms with Crippen molar-refractivity contribution in [2.24, 2.45) is 0 Å². The maximum absolute atomic E-state index is 9.84. The summed E-state index contributed by atoms with van der Waals surface area (Å²) in [5.74, 6) is 1.19. The molecular weight excluding hydrogens is 596 g/mol. The van der Waals surface area contributed by atoms with E-state index in [1.165, 1.54) is 0 Å². The van der Waals surface area contributed by atoms with Crippen LogP contribution in [0.25, 0.3) is 33.4 Å². The largest absolute Gasteiger partial charge is 0.489 e. The van der Waals surface area contributed by atoms with Crippen molar-refractivity contribution in [3.05, 3.63) is 96.2 Å². The summed E-state index contributed by atoms with van der Waals surface area (Å²) in [6, 6.07) is 29.7. The van der Waals surface area contributed by atoms with Crippen molar-refractivity contribution in [1.29, 1.82) is 10.5 Å². The quantitative estimate of drug-likeness (QED) is 0.185. The normalized spacial score (nSPS) is 15.3. The molecule has 7 rings (SSSR count). The van der Waals surface area contributed by atoms with Gasteiger partial charge < -0.3 is 23.9 Å². The van der Waals surface area contributed by atoms with Crippen molar-refractivity contribution in [3.8, 4) is 46.0 Å². The Balaban J connectivity index is 0.000000471. The number of benzene rings is 3. The first-order valence-electron chi connectivity index (χ1n) is 15.4. The van der Waals surface area contributed by atoms with Gasteiger partial charge in [0.25, 0.3) is 0 Å². The van der Waals surface area contributed by atoms with Gasteiger partial charge >= 0.3 is 0 Å². The fraction of sp³-hybridized carbons (Fsp3) is 0.270. The molecule has 2 saturated heterocycles. The molecule has 0 radical (unpaired) electrons. The maximum Gasteiger partial charge on any atom is 0.138 e. The van der Waals surface area contributed by atoms with Gasteiger partial charge in [-0.25, -0.2) is 4.98 Å². The van der Waals surface area contributed by atoms with Crippen molar-refractivity contribution in [1.82, 2.24) is 9.97 Å². The Morgan fingerprint density at radius 3 is 1.83 bits per heavy atom.